The fourth-order valence-corrected chi connectivity index (χ4v) is 1.59. The molecule has 0 unspecified atom stereocenters. The zero-order valence-corrected chi connectivity index (χ0v) is 9.12. The Labute approximate surface area is 84.9 Å². The maximum absolute atomic E-state index is 4.32. The Balaban J connectivity index is 2.69. The predicted octanol–water partition coefficient (Wildman–Crippen LogP) is 2.77. The van der Waals surface area contributed by atoms with E-state index < -0.39 is 0 Å². The molecule has 2 rings (SSSR count). The van der Waals surface area contributed by atoms with Gasteiger partial charge in [-0.2, -0.15) is 0 Å². The van der Waals surface area contributed by atoms with Gasteiger partial charge in [0.2, 0.25) is 0 Å². The molecule has 0 N–H and O–H groups in total. The van der Waals surface area contributed by atoms with E-state index in [1.54, 1.807) is 6.20 Å². The van der Waals surface area contributed by atoms with E-state index in [1.807, 2.05) is 12.4 Å². The van der Waals surface area contributed by atoms with Crippen LogP contribution in [0.2, 0.25) is 0 Å². The summed E-state index contributed by atoms with van der Waals surface area (Å²) in [5.41, 5.74) is 1.88. The van der Waals surface area contributed by atoms with Gasteiger partial charge in [-0.25, -0.2) is 9.97 Å². The molecule has 13 heavy (non-hydrogen) atoms. The van der Waals surface area contributed by atoms with Crippen LogP contribution in [0.15, 0.2) is 23.1 Å². The van der Waals surface area contributed by atoms with Gasteiger partial charge >= 0.3 is 0 Å². The lowest BCUT2D eigenvalue weighted by Crippen LogP contribution is -1.99. The van der Waals surface area contributed by atoms with Crippen molar-refractivity contribution >= 4 is 27.1 Å². The van der Waals surface area contributed by atoms with E-state index in [0.29, 0.717) is 6.04 Å². The van der Waals surface area contributed by atoms with Crippen molar-refractivity contribution in [3.8, 4) is 0 Å². The molecular formula is C9H10BrN3. The summed E-state index contributed by atoms with van der Waals surface area (Å²) in [6.45, 7) is 4.23. The van der Waals surface area contributed by atoms with Crippen molar-refractivity contribution in [2.45, 2.75) is 19.9 Å². The summed E-state index contributed by atoms with van der Waals surface area (Å²) in [4.78, 5) is 8.59. The molecule has 4 heteroatoms. The highest BCUT2D eigenvalue weighted by molar-refractivity contribution is 9.10. The molecule has 0 amide bonds. The summed E-state index contributed by atoms with van der Waals surface area (Å²) in [5, 5.41) is 0. The van der Waals surface area contributed by atoms with Gasteiger partial charge in [-0.3, -0.25) is 0 Å². The van der Waals surface area contributed by atoms with Crippen molar-refractivity contribution < 1.29 is 0 Å². The van der Waals surface area contributed by atoms with Crippen LogP contribution in [0.1, 0.15) is 19.9 Å². The molecule has 68 valence electrons. The van der Waals surface area contributed by atoms with Crippen LogP contribution in [0, 0.1) is 0 Å². The molecule has 2 heterocycles. The second kappa shape index (κ2) is 3.10. The van der Waals surface area contributed by atoms with Gasteiger partial charge in [-0.1, -0.05) is 0 Å². The van der Waals surface area contributed by atoms with Gasteiger partial charge in [0, 0.05) is 16.7 Å². The van der Waals surface area contributed by atoms with Crippen LogP contribution in [0.4, 0.5) is 0 Å². The minimum Gasteiger partial charge on any atom is -0.313 e. The monoisotopic (exact) mass is 239 g/mol. The lowest BCUT2D eigenvalue weighted by atomic mass is 10.4. The quantitative estimate of drug-likeness (QED) is 0.767. The highest BCUT2D eigenvalue weighted by atomic mass is 79.9. The van der Waals surface area contributed by atoms with E-state index in [0.717, 1.165) is 15.6 Å². The summed E-state index contributed by atoms with van der Waals surface area (Å²) in [6.07, 6.45) is 3.62. The highest BCUT2D eigenvalue weighted by Crippen LogP contribution is 2.18. The van der Waals surface area contributed by atoms with Crippen molar-refractivity contribution in [3.63, 3.8) is 0 Å². The van der Waals surface area contributed by atoms with Crippen molar-refractivity contribution in [1.82, 2.24) is 14.5 Å². The Hall–Kier alpha value is -0.900. The number of pyridine rings is 1. The van der Waals surface area contributed by atoms with Crippen molar-refractivity contribution in [3.05, 3.63) is 23.1 Å². The smallest absolute Gasteiger partial charge is 0.160 e. The average molecular weight is 240 g/mol. The van der Waals surface area contributed by atoms with Crippen LogP contribution in [0.5, 0.6) is 0 Å². The summed E-state index contributed by atoms with van der Waals surface area (Å²) in [7, 11) is 0. The van der Waals surface area contributed by atoms with Crippen molar-refractivity contribution in [1.29, 1.82) is 0 Å². The first-order valence-electron chi connectivity index (χ1n) is 4.16. The third-order valence-electron chi connectivity index (χ3n) is 1.94. The average Bonchev–Trinajstić information content (AvgIpc) is 2.46. The number of halogens is 1. The predicted molar refractivity (Wildman–Crippen MR) is 55.6 cm³/mol. The van der Waals surface area contributed by atoms with E-state index in [-0.39, 0.29) is 0 Å². The Bertz CT molecular complexity index is 433. The number of nitrogens with zero attached hydrogens (tertiary/aromatic N) is 3. The fraction of sp³-hybridized carbons (Fsp3) is 0.333. The molecule has 0 bridgehead atoms. The fourth-order valence-electron chi connectivity index (χ4n) is 1.27. The normalized spacial score (nSPS) is 11.4. The summed E-state index contributed by atoms with van der Waals surface area (Å²) < 4.78 is 3.02. The van der Waals surface area contributed by atoms with Gasteiger partial charge in [0.15, 0.2) is 5.65 Å². The first kappa shape index (κ1) is 8.69. The van der Waals surface area contributed by atoms with Crippen molar-refractivity contribution in [2.24, 2.45) is 0 Å². The lowest BCUT2D eigenvalue weighted by molar-refractivity contribution is 0.613. The number of imidazole rings is 1. The molecule has 0 spiro atoms. The molecule has 0 aliphatic rings. The summed E-state index contributed by atoms with van der Waals surface area (Å²) >= 11 is 3.37. The second-order valence-corrected chi connectivity index (χ2v) is 4.16. The molecular weight excluding hydrogens is 230 g/mol. The summed E-state index contributed by atoms with van der Waals surface area (Å²) in [5.74, 6) is 0. The lowest BCUT2D eigenvalue weighted by Gasteiger charge is -2.06. The molecule has 2 aromatic rings. The zero-order valence-electron chi connectivity index (χ0n) is 7.53. The first-order valence-corrected chi connectivity index (χ1v) is 4.96. The number of aromatic nitrogens is 3. The largest absolute Gasteiger partial charge is 0.313 e. The number of hydrogen-bond acceptors (Lipinski definition) is 2. The van der Waals surface area contributed by atoms with E-state index in [2.05, 4.69) is 44.3 Å². The van der Waals surface area contributed by atoms with Crippen molar-refractivity contribution in [2.75, 3.05) is 0 Å². The van der Waals surface area contributed by atoms with E-state index in [9.17, 15) is 0 Å². The molecule has 0 saturated carbocycles. The van der Waals surface area contributed by atoms with Crippen LogP contribution in [-0.2, 0) is 0 Å². The van der Waals surface area contributed by atoms with Gasteiger partial charge in [0.1, 0.15) is 5.52 Å². The molecule has 0 aromatic carbocycles. The van der Waals surface area contributed by atoms with Gasteiger partial charge in [0.05, 0.1) is 6.33 Å². The number of rotatable bonds is 1. The highest BCUT2D eigenvalue weighted by Gasteiger charge is 2.06. The third kappa shape index (κ3) is 1.46. The van der Waals surface area contributed by atoms with Crippen LogP contribution in [-0.4, -0.2) is 14.5 Å². The minimum atomic E-state index is 0.402. The molecule has 0 aliphatic heterocycles. The van der Waals surface area contributed by atoms with Crippen LogP contribution in [0.25, 0.3) is 11.2 Å². The second-order valence-electron chi connectivity index (χ2n) is 3.24. The van der Waals surface area contributed by atoms with Crippen LogP contribution >= 0.6 is 15.9 Å². The number of hydrogen-bond donors (Lipinski definition) is 0. The van der Waals surface area contributed by atoms with E-state index in [1.165, 1.54) is 0 Å². The van der Waals surface area contributed by atoms with Gasteiger partial charge < -0.3 is 4.57 Å². The maximum atomic E-state index is 4.32. The topological polar surface area (TPSA) is 30.7 Å². The van der Waals surface area contributed by atoms with E-state index in [4.69, 9.17) is 0 Å². The Morgan fingerprint density at radius 3 is 2.85 bits per heavy atom. The number of fused-ring (bicyclic) bond motifs is 1. The molecule has 0 fully saturated rings. The molecule has 0 radical (unpaired) electrons. The Morgan fingerprint density at radius 1 is 1.38 bits per heavy atom. The third-order valence-corrected chi connectivity index (χ3v) is 2.37. The molecule has 0 saturated heterocycles. The molecule has 3 nitrogen and oxygen atoms in total. The molecule has 2 aromatic heterocycles. The van der Waals surface area contributed by atoms with Gasteiger partial charge in [-0.05, 0) is 35.8 Å². The van der Waals surface area contributed by atoms with Gasteiger partial charge in [-0.15, -0.1) is 0 Å². The minimum absolute atomic E-state index is 0.402. The van der Waals surface area contributed by atoms with Crippen LogP contribution < -0.4 is 0 Å². The van der Waals surface area contributed by atoms with Gasteiger partial charge in [0.25, 0.3) is 0 Å². The van der Waals surface area contributed by atoms with Crippen LogP contribution in [0.3, 0.4) is 0 Å². The zero-order chi connectivity index (χ0) is 9.42. The first-order chi connectivity index (χ1) is 6.18. The Morgan fingerprint density at radius 2 is 2.15 bits per heavy atom. The maximum Gasteiger partial charge on any atom is 0.160 e. The summed E-state index contributed by atoms with van der Waals surface area (Å²) in [6, 6.07) is 2.37. The standard InChI is InChI=1S/C9H10BrN3/c1-6(2)13-5-12-8-3-7(10)4-11-9(8)13/h3-6H,1-2H3. The van der Waals surface area contributed by atoms with E-state index >= 15 is 0 Å². The Kier molecular flexibility index (Phi) is 2.07. The molecule has 0 aliphatic carbocycles. The molecule has 0 atom stereocenters. The SMILES string of the molecule is CC(C)n1cnc2cc(Br)cnc21.